The Kier molecular flexibility index (Phi) is 9.58. The lowest BCUT2D eigenvalue weighted by molar-refractivity contribution is -0.157. The number of benzene rings is 2. The first-order valence-corrected chi connectivity index (χ1v) is 13.9. The molecule has 2 saturated heterocycles. The van der Waals surface area contributed by atoms with Crippen LogP contribution in [0.3, 0.4) is 0 Å². The lowest BCUT2D eigenvalue weighted by Crippen LogP contribution is -2.57. The highest BCUT2D eigenvalue weighted by Gasteiger charge is 2.41. The van der Waals surface area contributed by atoms with Crippen molar-refractivity contribution in [3.8, 4) is 5.75 Å². The van der Waals surface area contributed by atoms with E-state index in [2.05, 4.69) is 16.3 Å². The summed E-state index contributed by atoms with van der Waals surface area (Å²) in [4.78, 5) is 29.1. The number of hydrogen-bond donors (Lipinski definition) is 1. The highest BCUT2D eigenvalue weighted by atomic mass is 35.5. The highest BCUT2D eigenvalue weighted by Crippen LogP contribution is 2.30. The first-order chi connectivity index (χ1) is 18.1. The number of hydrogen-bond acceptors (Lipinski definition) is 5. The fraction of sp³-hybridized carbons (Fsp3) is 0.517. The van der Waals surface area contributed by atoms with E-state index in [1.807, 2.05) is 49.1 Å². The number of amides is 2. The Morgan fingerprint density at radius 2 is 1.82 bits per heavy atom. The largest absolute Gasteiger partial charge is 0.490 e. The van der Waals surface area contributed by atoms with Crippen molar-refractivity contribution in [3.05, 3.63) is 63.1 Å². The average molecular weight is 563 g/mol. The number of morpholine rings is 1. The summed E-state index contributed by atoms with van der Waals surface area (Å²) in [6.45, 7) is 9.43. The second-order valence-electron chi connectivity index (χ2n) is 10.6. The summed E-state index contributed by atoms with van der Waals surface area (Å²) < 4.78 is 12.7. The molecule has 0 saturated carbocycles. The number of aryl methyl sites for hydroxylation is 2. The van der Waals surface area contributed by atoms with E-state index >= 15 is 0 Å². The topological polar surface area (TPSA) is 71.1 Å². The van der Waals surface area contributed by atoms with Gasteiger partial charge >= 0.3 is 0 Å². The summed E-state index contributed by atoms with van der Waals surface area (Å²) in [6, 6.07) is 11.8. The minimum atomic E-state index is -0.802. The van der Waals surface area contributed by atoms with Crippen LogP contribution in [0.15, 0.2) is 36.4 Å². The molecule has 2 heterocycles. The van der Waals surface area contributed by atoms with Crippen molar-refractivity contribution in [2.75, 3.05) is 39.4 Å². The van der Waals surface area contributed by atoms with Gasteiger partial charge in [0, 0.05) is 55.7 Å². The molecule has 0 unspecified atom stereocenters. The first-order valence-electron chi connectivity index (χ1n) is 13.2. The van der Waals surface area contributed by atoms with Crippen molar-refractivity contribution < 1.29 is 19.1 Å². The SMILES string of the molecule is CC(=O)NC1CCN(C(=O)C[C@@]2(COc3cc(C)c(Cl)c(C)c3)CN(Cc3cccc(Cl)c3)CCO2)CC1. The number of nitrogens with one attached hydrogen (secondary N) is 1. The Hall–Kier alpha value is -2.32. The molecule has 2 aromatic carbocycles. The maximum Gasteiger partial charge on any atom is 0.225 e. The fourth-order valence-corrected chi connectivity index (χ4v) is 5.67. The Balaban J connectivity index is 1.48. The molecule has 7 nitrogen and oxygen atoms in total. The maximum atomic E-state index is 13.5. The molecule has 0 aliphatic carbocycles. The van der Waals surface area contributed by atoms with Gasteiger partial charge in [0.05, 0.1) is 13.0 Å². The van der Waals surface area contributed by atoms with Gasteiger partial charge in [-0.1, -0.05) is 35.3 Å². The highest BCUT2D eigenvalue weighted by molar-refractivity contribution is 6.32. The number of carbonyl (C=O) groups is 2. The van der Waals surface area contributed by atoms with Crippen molar-refractivity contribution in [1.82, 2.24) is 15.1 Å². The van der Waals surface area contributed by atoms with Crippen LogP contribution in [-0.4, -0.2) is 72.6 Å². The van der Waals surface area contributed by atoms with Crippen molar-refractivity contribution in [2.45, 2.75) is 58.2 Å². The van der Waals surface area contributed by atoms with E-state index in [1.165, 1.54) is 6.92 Å². The van der Waals surface area contributed by atoms with Gasteiger partial charge in [-0.05, 0) is 67.6 Å². The third-order valence-electron chi connectivity index (χ3n) is 7.26. The average Bonchev–Trinajstić information content (AvgIpc) is 2.86. The zero-order valence-corrected chi connectivity index (χ0v) is 23.9. The van der Waals surface area contributed by atoms with E-state index in [1.54, 1.807) is 0 Å². The molecule has 1 N–H and O–H groups in total. The third kappa shape index (κ3) is 7.63. The molecule has 2 amide bonds. The van der Waals surface area contributed by atoms with Crippen LogP contribution < -0.4 is 10.1 Å². The summed E-state index contributed by atoms with van der Waals surface area (Å²) in [5.74, 6) is 0.722. The summed E-state index contributed by atoms with van der Waals surface area (Å²) >= 11 is 12.6. The molecule has 2 fully saturated rings. The number of ether oxygens (including phenoxy) is 2. The van der Waals surface area contributed by atoms with E-state index in [-0.39, 0.29) is 30.9 Å². The quantitative estimate of drug-likeness (QED) is 0.502. The molecule has 9 heteroatoms. The standard InChI is InChI=1S/C29H37Cl2N3O4/c1-20-13-26(14-21(2)28(20)31)37-19-29(16-27(36)34-9-7-25(8-10-34)32-22(3)35)18-33(11-12-38-29)17-23-5-4-6-24(30)15-23/h4-6,13-15,25H,7-12,16-19H2,1-3H3,(H,32,35)/t29-/m0/s1. The molecular formula is C29H37Cl2N3O4. The number of rotatable bonds is 8. The van der Waals surface area contributed by atoms with E-state index in [0.717, 1.165) is 41.1 Å². The van der Waals surface area contributed by atoms with Gasteiger partial charge in [-0.15, -0.1) is 0 Å². The fourth-order valence-electron chi connectivity index (χ4n) is 5.35. The molecule has 0 bridgehead atoms. The molecule has 4 rings (SSSR count). The Morgan fingerprint density at radius 3 is 2.47 bits per heavy atom. The van der Waals surface area contributed by atoms with Crippen LogP contribution in [0.4, 0.5) is 0 Å². The second kappa shape index (κ2) is 12.7. The number of halogens is 2. The van der Waals surface area contributed by atoms with Gasteiger partial charge in [-0.2, -0.15) is 0 Å². The monoisotopic (exact) mass is 561 g/mol. The van der Waals surface area contributed by atoms with Gasteiger partial charge in [0.15, 0.2) is 0 Å². The number of nitrogens with zero attached hydrogens (tertiary/aromatic N) is 2. The van der Waals surface area contributed by atoms with Crippen molar-refractivity contribution in [1.29, 1.82) is 0 Å². The van der Waals surface area contributed by atoms with Crippen molar-refractivity contribution in [3.63, 3.8) is 0 Å². The first kappa shape index (κ1) is 28.7. The normalized spacial score (nSPS) is 20.8. The number of piperidine rings is 1. The summed E-state index contributed by atoms with van der Waals surface area (Å²) in [6.07, 6.45) is 1.72. The van der Waals surface area contributed by atoms with Crippen molar-refractivity contribution in [2.24, 2.45) is 0 Å². The van der Waals surface area contributed by atoms with Gasteiger partial charge in [-0.25, -0.2) is 0 Å². The number of likely N-dealkylation sites (tertiary alicyclic amines) is 1. The zero-order chi connectivity index (χ0) is 27.3. The maximum absolute atomic E-state index is 13.5. The van der Waals surface area contributed by atoms with Gasteiger partial charge in [0.25, 0.3) is 0 Å². The molecule has 2 aromatic rings. The van der Waals surface area contributed by atoms with Crippen LogP contribution in [0.5, 0.6) is 5.75 Å². The smallest absolute Gasteiger partial charge is 0.225 e. The molecule has 1 atom stereocenters. The van der Waals surface area contributed by atoms with Crippen LogP contribution >= 0.6 is 23.2 Å². The molecule has 2 aliphatic rings. The Bertz CT molecular complexity index is 1130. The van der Waals surface area contributed by atoms with E-state index in [9.17, 15) is 9.59 Å². The van der Waals surface area contributed by atoms with Gasteiger partial charge < -0.3 is 19.7 Å². The molecule has 0 radical (unpaired) electrons. The van der Waals surface area contributed by atoms with E-state index in [0.29, 0.717) is 43.6 Å². The molecule has 206 valence electrons. The van der Waals surface area contributed by atoms with Gasteiger partial charge in [-0.3, -0.25) is 14.5 Å². The molecule has 38 heavy (non-hydrogen) atoms. The Morgan fingerprint density at radius 1 is 1.11 bits per heavy atom. The number of carbonyl (C=O) groups excluding carboxylic acids is 2. The minimum Gasteiger partial charge on any atom is -0.490 e. The molecule has 0 aromatic heterocycles. The van der Waals surface area contributed by atoms with Crippen LogP contribution in [0.2, 0.25) is 10.0 Å². The van der Waals surface area contributed by atoms with Crippen LogP contribution in [-0.2, 0) is 20.9 Å². The lowest BCUT2D eigenvalue weighted by atomic mass is 9.95. The predicted molar refractivity (Wildman–Crippen MR) is 150 cm³/mol. The van der Waals surface area contributed by atoms with E-state index < -0.39 is 5.60 Å². The summed E-state index contributed by atoms with van der Waals surface area (Å²) in [7, 11) is 0. The van der Waals surface area contributed by atoms with Crippen molar-refractivity contribution >= 4 is 35.0 Å². The molecule has 2 aliphatic heterocycles. The molecular weight excluding hydrogens is 525 g/mol. The molecule has 0 spiro atoms. The second-order valence-corrected chi connectivity index (χ2v) is 11.4. The minimum absolute atomic E-state index is 0.0334. The zero-order valence-electron chi connectivity index (χ0n) is 22.4. The van der Waals surface area contributed by atoms with Crippen LogP contribution in [0, 0.1) is 13.8 Å². The third-order valence-corrected chi connectivity index (χ3v) is 8.09. The predicted octanol–water partition coefficient (Wildman–Crippen LogP) is 4.78. The Labute approximate surface area is 235 Å². The van der Waals surface area contributed by atoms with Gasteiger partial charge in [0.2, 0.25) is 11.8 Å². The van der Waals surface area contributed by atoms with E-state index in [4.69, 9.17) is 32.7 Å². The lowest BCUT2D eigenvalue weighted by Gasteiger charge is -2.43. The van der Waals surface area contributed by atoms with Crippen LogP contribution in [0.25, 0.3) is 0 Å². The van der Waals surface area contributed by atoms with Crippen LogP contribution in [0.1, 0.15) is 42.9 Å². The van der Waals surface area contributed by atoms with Gasteiger partial charge in [0.1, 0.15) is 18.0 Å². The summed E-state index contributed by atoms with van der Waals surface area (Å²) in [5.41, 5.74) is 2.20. The summed E-state index contributed by atoms with van der Waals surface area (Å²) in [5, 5.41) is 4.40.